The van der Waals surface area contributed by atoms with Crippen LogP contribution in [0.3, 0.4) is 0 Å². The van der Waals surface area contributed by atoms with Crippen LogP contribution in [0.15, 0.2) is 37.1 Å². The number of carbonyl (C=O) groups excluding carboxylic acids is 1. The maximum Gasteiger partial charge on any atom is 0.422 e. The Kier molecular flexibility index (Phi) is 8.13. The van der Waals surface area contributed by atoms with Gasteiger partial charge in [-0.1, -0.05) is 12.6 Å². The monoisotopic (exact) mass is 715 g/mol. The van der Waals surface area contributed by atoms with Crippen molar-refractivity contribution in [2.45, 2.75) is 82.5 Å². The summed E-state index contributed by atoms with van der Waals surface area (Å²) in [6.07, 6.45) is 6.22. The van der Waals surface area contributed by atoms with Crippen molar-refractivity contribution in [3.63, 3.8) is 0 Å². The number of alkyl halides is 3. The fourth-order valence-electron chi connectivity index (χ4n) is 8.99. The smallest absolute Gasteiger partial charge is 0.422 e. The van der Waals surface area contributed by atoms with Gasteiger partial charge in [0.2, 0.25) is 5.91 Å². The minimum atomic E-state index is -4.56. The van der Waals surface area contributed by atoms with E-state index in [1.165, 1.54) is 18.9 Å². The third-order valence-electron chi connectivity index (χ3n) is 12.1. The minimum absolute atomic E-state index is 0.0436. The number of aromatic nitrogens is 4. The van der Waals surface area contributed by atoms with Gasteiger partial charge in [-0.2, -0.15) is 28.2 Å². The van der Waals surface area contributed by atoms with Crippen molar-refractivity contribution in [2.24, 2.45) is 5.41 Å². The minimum Gasteiger partial charge on any atom is -0.481 e. The third-order valence-corrected chi connectivity index (χ3v) is 12.1. The van der Waals surface area contributed by atoms with E-state index in [0.717, 1.165) is 79.2 Å². The van der Waals surface area contributed by atoms with Crippen LogP contribution in [-0.4, -0.2) is 100 Å². The molecule has 13 heteroatoms. The van der Waals surface area contributed by atoms with Gasteiger partial charge < -0.3 is 24.2 Å². The zero-order valence-corrected chi connectivity index (χ0v) is 29.5. The van der Waals surface area contributed by atoms with E-state index in [2.05, 4.69) is 32.6 Å². The molecule has 2 saturated carbocycles. The van der Waals surface area contributed by atoms with E-state index in [1.807, 2.05) is 24.0 Å². The summed E-state index contributed by atoms with van der Waals surface area (Å²) in [5.41, 5.74) is 4.44. The van der Waals surface area contributed by atoms with Gasteiger partial charge in [-0.15, -0.1) is 0 Å². The SMILES string of the molecule is C=CC(=O)N1CC2(CCN(c3nc(O[C@H]4C[C@H](N5CCCC5)C4)nc4c(OCC(F)(F)F)c(-c5c(C)ccc6[nH]ncc56)c(C5CC5)cc34)CC2)C1. The Balaban J connectivity index is 1.16. The summed E-state index contributed by atoms with van der Waals surface area (Å²) in [7, 11) is 0. The average Bonchev–Trinajstić information content (AvgIpc) is 3.58. The van der Waals surface area contributed by atoms with Gasteiger partial charge in [0.05, 0.1) is 11.7 Å². The van der Waals surface area contributed by atoms with Crippen LogP contribution in [0, 0.1) is 12.3 Å². The predicted octanol–water partition coefficient (Wildman–Crippen LogP) is 6.92. The molecule has 52 heavy (non-hydrogen) atoms. The van der Waals surface area contributed by atoms with Crippen molar-refractivity contribution in [3.05, 3.63) is 48.2 Å². The van der Waals surface area contributed by atoms with E-state index >= 15 is 0 Å². The summed E-state index contributed by atoms with van der Waals surface area (Å²) in [5.74, 6) is 0.892. The first-order valence-electron chi connectivity index (χ1n) is 18.7. The number of nitrogens with one attached hydrogen (secondary N) is 1. The summed E-state index contributed by atoms with van der Waals surface area (Å²) in [4.78, 5) is 28.8. The summed E-state index contributed by atoms with van der Waals surface area (Å²) in [6.45, 7) is 9.16. The van der Waals surface area contributed by atoms with Crippen LogP contribution in [-0.2, 0) is 4.79 Å². The summed E-state index contributed by atoms with van der Waals surface area (Å²) in [5, 5.41) is 8.80. The molecule has 0 radical (unpaired) electrons. The topological polar surface area (TPSA) is 99.7 Å². The number of carbonyl (C=O) groups is 1. The number of piperidine rings is 1. The fourth-order valence-corrected chi connectivity index (χ4v) is 8.99. The number of H-pyrrole nitrogens is 1. The number of hydrogen-bond donors (Lipinski definition) is 1. The molecule has 1 N–H and O–H groups in total. The number of nitrogens with zero attached hydrogens (tertiary/aromatic N) is 6. The van der Waals surface area contributed by atoms with Crippen molar-refractivity contribution >= 4 is 33.5 Å². The highest BCUT2D eigenvalue weighted by molar-refractivity contribution is 6.06. The lowest BCUT2D eigenvalue weighted by atomic mass is 9.72. The molecule has 1 spiro atoms. The first-order valence-corrected chi connectivity index (χ1v) is 18.7. The molecule has 4 aromatic rings. The molecule has 2 aromatic heterocycles. The zero-order valence-electron chi connectivity index (χ0n) is 29.5. The first-order chi connectivity index (χ1) is 25.1. The van der Waals surface area contributed by atoms with E-state index in [-0.39, 0.29) is 35.1 Å². The maximum absolute atomic E-state index is 14.0. The highest BCUT2D eigenvalue weighted by atomic mass is 19.4. The molecule has 274 valence electrons. The van der Waals surface area contributed by atoms with Gasteiger partial charge >= 0.3 is 12.2 Å². The number of hydrogen-bond acceptors (Lipinski definition) is 8. The Labute approximate surface area is 300 Å². The van der Waals surface area contributed by atoms with E-state index in [1.54, 1.807) is 6.20 Å². The number of halogens is 3. The molecule has 1 amide bonds. The number of fused-ring (bicyclic) bond motifs is 2. The predicted molar refractivity (Wildman–Crippen MR) is 192 cm³/mol. The van der Waals surface area contributed by atoms with Crippen molar-refractivity contribution in [3.8, 4) is 22.9 Å². The molecule has 0 unspecified atom stereocenters. The van der Waals surface area contributed by atoms with E-state index < -0.39 is 12.8 Å². The van der Waals surface area contributed by atoms with Crippen LogP contribution in [0.4, 0.5) is 19.0 Å². The molecule has 2 aromatic carbocycles. The molecule has 9 rings (SSSR count). The molecule has 3 saturated heterocycles. The number of ether oxygens (including phenoxy) is 2. The Bertz CT molecular complexity index is 2030. The van der Waals surface area contributed by atoms with Crippen LogP contribution in [0.5, 0.6) is 11.8 Å². The van der Waals surface area contributed by atoms with E-state index in [4.69, 9.17) is 19.4 Å². The Hall–Kier alpha value is -4.39. The molecule has 5 fully saturated rings. The second kappa shape index (κ2) is 12.6. The van der Waals surface area contributed by atoms with E-state index in [9.17, 15) is 18.0 Å². The lowest BCUT2D eigenvalue weighted by Crippen LogP contribution is -2.61. The lowest BCUT2D eigenvalue weighted by molar-refractivity contribution is -0.153. The van der Waals surface area contributed by atoms with Crippen molar-refractivity contribution in [2.75, 3.05) is 50.8 Å². The number of amides is 1. The Morgan fingerprint density at radius 1 is 1.06 bits per heavy atom. The van der Waals surface area contributed by atoms with Crippen LogP contribution in [0.25, 0.3) is 32.9 Å². The number of likely N-dealkylation sites (tertiary alicyclic amines) is 2. The molecule has 2 aliphatic carbocycles. The second-order valence-electron chi connectivity index (χ2n) is 15.7. The number of anilines is 1. The van der Waals surface area contributed by atoms with Gasteiger partial charge in [-0.3, -0.25) is 9.89 Å². The zero-order chi connectivity index (χ0) is 35.8. The van der Waals surface area contributed by atoms with Gasteiger partial charge in [0.15, 0.2) is 12.4 Å². The highest BCUT2D eigenvalue weighted by Gasteiger charge is 2.47. The van der Waals surface area contributed by atoms with Crippen LogP contribution < -0.4 is 14.4 Å². The van der Waals surface area contributed by atoms with Crippen LogP contribution in [0.2, 0.25) is 0 Å². The van der Waals surface area contributed by atoms with Gasteiger partial charge in [0.25, 0.3) is 0 Å². The van der Waals surface area contributed by atoms with E-state index in [0.29, 0.717) is 54.5 Å². The third kappa shape index (κ3) is 6.04. The quantitative estimate of drug-likeness (QED) is 0.187. The number of benzene rings is 2. The van der Waals surface area contributed by atoms with Gasteiger partial charge in [-0.25, -0.2) is 0 Å². The second-order valence-corrected chi connectivity index (χ2v) is 15.7. The van der Waals surface area contributed by atoms with Crippen molar-refractivity contribution < 1.29 is 27.4 Å². The fraction of sp³-hybridized carbons (Fsp3) is 0.538. The summed E-state index contributed by atoms with van der Waals surface area (Å²) >= 11 is 0. The highest BCUT2D eigenvalue weighted by Crippen LogP contribution is 2.53. The molecular weight excluding hydrogens is 671 g/mol. The normalized spacial score (nSPS) is 23.2. The standard InChI is InChI=1S/C39H44F3N7O3/c1-3-31(50)49-20-38(21-49)10-14-48(15-11-38)36-28-18-27(24-7-8-24)33(32-23(2)6-9-30-29(32)19-43-46-30)35(51-22-39(40,41)42)34(28)44-37(45-36)52-26-16-25(17-26)47-12-4-5-13-47/h3,6,9,18-19,24-26H,1,4-5,7-8,10-17,20-22H2,2H3,(H,43,46)/t25-,26-. The molecule has 5 aliphatic rings. The van der Waals surface area contributed by atoms with Crippen molar-refractivity contribution in [1.82, 2.24) is 30.0 Å². The van der Waals surface area contributed by atoms with Gasteiger partial charge in [-0.05, 0) is 99.4 Å². The molecule has 3 aliphatic heterocycles. The maximum atomic E-state index is 14.0. The number of aromatic amines is 1. The molecular formula is C39H44F3N7O3. The number of rotatable bonds is 9. The van der Waals surface area contributed by atoms with Gasteiger partial charge in [0, 0.05) is 66.8 Å². The number of aryl methyl sites for hydroxylation is 1. The molecule has 5 heterocycles. The molecule has 0 atom stereocenters. The largest absolute Gasteiger partial charge is 0.481 e. The Morgan fingerprint density at radius 2 is 1.81 bits per heavy atom. The summed E-state index contributed by atoms with van der Waals surface area (Å²) < 4.78 is 54.6. The van der Waals surface area contributed by atoms with Crippen LogP contribution in [0.1, 0.15) is 68.4 Å². The molecule has 0 bridgehead atoms. The average molecular weight is 716 g/mol. The van der Waals surface area contributed by atoms with Gasteiger partial charge in [0.1, 0.15) is 17.4 Å². The lowest BCUT2D eigenvalue weighted by Gasteiger charge is -2.54. The Morgan fingerprint density at radius 3 is 2.50 bits per heavy atom. The van der Waals surface area contributed by atoms with Crippen molar-refractivity contribution in [1.29, 1.82) is 0 Å². The summed E-state index contributed by atoms with van der Waals surface area (Å²) in [6, 6.07) is 6.64. The first kappa shape index (κ1) is 33.4. The van der Waals surface area contributed by atoms with Crippen LogP contribution >= 0.6 is 0 Å². The molecule has 10 nitrogen and oxygen atoms in total.